The minimum absolute atomic E-state index is 0.527. The van der Waals surface area contributed by atoms with Crippen LogP contribution in [-0.4, -0.2) is 13.7 Å². The molecule has 2 rings (SSSR count). The van der Waals surface area contributed by atoms with Crippen LogP contribution in [0.5, 0.6) is 5.75 Å². The zero-order valence-electron chi connectivity index (χ0n) is 10.6. The lowest BCUT2D eigenvalue weighted by molar-refractivity contribution is 0.410. The lowest BCUT2D eigenvalue weighted by atomic mass is 9.94. The molecule has 0 spiro atoms. The van der Waals surface area contributed by atoms with Crippen LogP contribution in [-0.2, 0) is 0 Å². The molecule has 16 heavy (non-hydrogen) atoms. The lowest BCUT2D eigenvalue weighted by Crippen LogP contribution is -2.15. The van der Waals surface area contributed by atoms with Crippen molar-refractivity contribution in [3.05, 3.63) is 28.8 Å². The van der Waals surface area contributed by atoms with Gasteiger partial charge < -0.3 is 10.1 Å². The van der Waals surface area contributed by atoms with E-state index in [2.05, 4.69) is 38.2 Å². The Morgan fingerprint density at radius 2 is 2.00 bits per heavy atom. The predicted octanol–water partition coefficient (Wildman–Crippen LogP) is 2.98. The minimum atomic E-state index is 0.527. The highest BCUT2D eigenvalue weighted by molar-refractivity contribution is 5.45. The molecular formula is C14H21NO. The Hall–Kier alpha value is -1.02. The van der Waals surface area contributed by atoms with Crippen LogP contribution < -0.4 is 10.1 Å². The van der Waals surface area contributed by atoms with Gasteiger partial charge in [0.25, 0.3) is 0 Å². The Balaban J connectivity index is 2.32. The third-order valence-corrected chi connectivity index (χ3v) is 3.73. The van der Waals surface area contributed by atoms with E-state index in [-0.39, 0.29) is 0 Å². The molecule has 2 atom stereocenters. The Morgan fingerprint density at radius 1 is 1.25 bits per heavy atom. The monoisotopic (exact) mass is 219 g/mol. The smallest absolute Gasteiger partial charge is 0.122 e. The van der Waals surface area contributed by atoms with E-state index in [0.29, 0.717) is 6.04 Å². The summed E-state index contributed by atoms with van der Waals surface area (Å²) >= 11 is 0. The summed E-state index contributed by atoms with van der Waals surface area (Å²) < 4.78 is 5.34. The molecule has 0 bridgehead atoms. The normalized spacial score (nSPS) is 24.8. The zero-order valence-corrected chi connectivity index (χ0v) is 10.6. The third-order valence-electron chi connectivity index (χ3n) is 3.73. The maximum absolute atomic E-state index is 5.34. The van der Waals surface area contributed by atoms with E-state index in [9.17, 15) is 0 Å². The second-order valence-electron chi connectivity index (χ2n) is 4.91. The number of hydrogen-bond donors (Lipinski definition) is 1. The van der Waals surface area contributed by atoms with E-state index < -0.39 is 0 Å². The number of rotatable bonds is 2. The number of benzene rings is 1. The maximum atomic E-state index is 5.34. The molecule has 1 saturated heterocycles. The van der Waals surface area contributed by atoms with Crippen molar-refractivity contribution in [2.75, 3.05) is 13.7 Å². The Morgan fingerprint density at radius 3 is 2.56 bits per heavy atom. The van der Waals surface area contributed by atoms with Gasteiger partial charge in [-0.2, -0.15) is 0 Å². The topological polar surface area (TPSA) is 21.3 Å². The van der Waals surface area contributed by atoms with Gasteiger partial charge in [0.05, 0.1) is 7.11 Å². The average Bonchev–Trinajstić information content (AvgIpc) is 2.69. The van der Waals surface area contributed by atoms with Gasteiger partial charge in [0, 0.05) is 6.04 Å². The van der Waals surface area contributed by atoms with Gasteiger partial charge in [0.15, 0.2) is 0 Å². The number of methoxy groups -OCH3 is 1. The van der Waals surface area contributed by atoms with Crippen LogP contribution in [0.3, 0.4) is 0 Å². The van der Waals surface area contributed by atoms with Gasteiger partial charge in [-0.15, -0.1) is 0 Å². The molecule has 1 aliphatic rings. The largest absolute Gasteiger partial charge is 0.496 e. The minimum Gasteiger partial charge on any atom is -0.496 e. The fourth-order valence-corrected chi connectivity index (χ4v) is 2.56. The summed E-state index contributed by atoms with van der Waals surface area (Å²) in [6, 6.07) is 4.82. The molecule has 1 aliphatic heterocycles. The van der Waals surface area contributed by atoms with Gasteiger partial charge in [-0.3, -0.25) is 0 Å². The summed E-state index contributed by atoms with van der Waals surface area (Å²) in [5, 5.41) is 3.59. The van der Waals surface area contributed by atoms with Crippen molar-refractivity contribution < 1.29 is 4.74 Å². The Bertz CT molecular complexity index is 387. The number of ether oxygens (including phenoxy) is 1. The molecule has 1 aromatic rings. The van der Waals surface area contributed by atoms with Crippen molar-refractivity contribution >= 4 is 0 Å². The van der Waals surface area contributed by atoms with Gasteiger partial charge >= 0.3 is 0 Å². The summed E-state index contributed by atoms with van der Waals surface area (Å²) in [5.41, 5.74) is 4.06. The van der Waals surface area contributed by atoms with Gasteiger partial charge in [0.1, 0.15) is 5.75 Å². The summed E-state index contributed by atoms with van der Waals surface area (Å²) in [7, 11) is 1.73. The summed E-state index contributed by atoms with van der Waals surface area (Å²) in [6.07, 6.45) is 1.24. The molecule has 2 nitrogen and oxygen atoms in total. The van der Waals surface area contributed by atoms with Crippen molar-refractivity contribution in [3.8, 4) is 5.75 Å². The van der Waals surface area contributed by atoms with Crippen molar-refractivity contribution in [1.82, 2.24) is 5.32 Å². The van der Waals surface area contributed by atoms with Crippen LogP contribution in [0.15, 0.2) is 12.1 Å². The molecule has 0 saturated carbocycles. The van der Waals surface area contributed by atoms with Crippen LogP contribution in [0.4, 0.5) is 0 Å². The SMILES string of the molecule is COc1ccc([C@H]2C[C@@H](C)CN2)c(C)c1C. The highest BCUT2D eigenvalue weighted by Gasteiger charge is 2.24. The molecule has 0 radical (unpaired) electrons. The number of nitrogens with one attached hydrogen (secondary N) is 1. The summed E-state index contributed by atoms with van der Waals surface area (Å²) in [5.74, 6) is 1.78. The second-order valence-corrected chi connectivity index (χ2v) is 4.91. The van der Waals surface area contributed by atoms with Crippen LogP contribution >= 0.6 is 0 Å². The molecule has 2 heteroatoms. The Kier molecular flexibility index (Phi) is 3.20. The van der Waals surface area contributed by atoms with E-state index in [1.165, 1.54) is 23.1 Å². The van der Waals surface area contributed by atoms with E-state index in [0.717, 1.165) is 18.2 Å². The fraction of sp³-hybridized carbons (Fsp3) is 0.571. The van der Waals surface area contributed by atoms with E-state index in [1.54, 1.807) is 7.11 Å². The third kappa shape index (κ3) is 1.94. The first-order chi connectivity index (χ1) is 7.63. The summed E-state index contributed by atoms with van der Waals surface area (Å²) in [6.45, 7) is 7.77. The predicted molar refractivity (Wildman–Crippen MR) is 67.0 cm³/mol. The standard InChI is InChI=1S/C14H21NO/c1-9-7-13(15-8-9)12-5-6-14(16-4)11(3)10(12)2/h5-6,9,13,15H,7-8H2,1-4H3/t9-,13-/m1/s1. The molecular weight excluding hydrogens is 198 g/mol. The molecule has 0 aromatic heterocycles. The first-order valence-electron chi connectivity index (χ1n) is 6.01. The maximum Gasteiger partial charge on any atom is 0.122 e. The van der Waals surface area contributed by atoms with Gasteiger partial charge in [0.2, 0.25) is 0 Å². The zero-order chi connectivity index (χ0) is 11.7. The molecule has 0 unspecified atom stereocenters. The van der Waals surface area contributed by atoms with E-state index >= 15 is 0 Å². The average molecular weight is 219 g/mol. The second kappa shape index (κ2) is 4.46. The highest BCUT2D eigenvalue weighted by atomic mass is 16.5. The van der Waals surface area contributed by atoms with Gasteiger partial charge in [-0.1, -0.05) is 13.0 Å². The van der Waals surface area contributed by atoms with Gasteiger partial charge in [-0.25, -0.2) is 0 Å². The quantitative estimate of drug-likeness (QED) is 0.825. The summed E-state index contributed by atoms with van der Waals surface area (Å²) in [4.78, 5) is 0. The first-order valence-corrected chi connectivity index (χ1v) is 6.01. The molecule has 0 aliphatic carbocycles. The van der Waals surface area contributed by atoms with Crippen LogP contribution in [0, 0.1) is 19.8 Å². The number of hydrogen-bond acceptors (Lipinski definition) is 2. The fourth-order valence-electron chi connectivity index (χ4n) is 2.56. The van der Waals surface area contributed by atoms with Gasteiger partial charge in [-0.05, 0) is 55.5 Å². The molecule has 1 aromatic carbocycles. The lowest BCUT2D eigenvalue weighted by Gasteiger charge is -2.17. The van der Waals surface area contributed by atoms with Crippen LogP contribution in [0.25, 0.3) is 0 Å². The molecule has 1 N–H and O–H groups in total. The van der Waals surface area contributed by atoms with Crippen LogP contribution in [0.1, 0.15) is 36.1 Å². The molecule has 88 valence electrons. The molecule has 1 fully saturated rings. The van der Waals surface area contributed by atoms with E-state index in [4.69, 9.17) is 4.74 Å². The first kappa shape index (κ1) is 11.5. The van der Waals surface area contributed by atoms with Crippen molar-refractivity contribution in [1.29, 1.82) is 0 Å². The molecule has 0 amide bonds. The van der Waals surface area contributed by atoms with Crippen LogP contribution in [0.2, 0.25) is 0 Å². The molecule has 1 heterocycles. The van der Waals surface area contributed by atoms with Crippen molar-refractivity contribution in [2.45, 2.75) is 33.2 Å². The Labute approximate surface area is 98.0 Å². The van der Waals surface area contributed by atoms with Crippen molar-refractivity contribution in [3.63, 3.8) is 0 Å². The van der Waals surface area contributed by atoms with Crippen molar-refractivity contribution in [2.24, 2.45) is 5.92 Å². The highest BCUT2D eigenvalue weighted by Crippen LogP contribution is 2.33. The van der Waals surface area contributed by atoms with E-state index in [1.807, 2.05) is 0 Å².